The van der Waals surface area contributed by atoms with Gasteiger partial charge in [-0.3, -0.25) is 0 Å². The molecule has 26 atom stereocenters. The molecule has 0 spiro atoms. The van der Waals surface area contributed by atoms with Gasteiger partial charge in [-0.25, -0.2) is 0 Å². The van der Waals surface area contributed by atoms with E-state index in [1.807, 2.05) is 13.8 Å². The van der Waals surface area contributed by atoms with Crippen molar-refractivity contribution in [3.8, 4) is 0 Å². The third-order valence-corrected chi connectivity index (χ3v) is 19.7. The zero-order valence-electron chi connectivity index (χ0n) is 39.1. The van der Waals surface area contributed by atoms with E-state index in [2.05, 4.69) is 41.5 Å². The van der Waals surface area contributed by atoms with Gasteiger partial charge in [-0.2, -0.15) is 0 Å². The number of hydrogen-bond donors (Lipinski definition) is 11. The van der Waals surface area contributed by atoms with Crippen LogP contribution in [0.15, 0.2) is 0 Å². The number of aliphatic hydroxyl groups excluding tert-OH is 11. The van der Waals surface area contributed by atoms with Crippen molar-refractivity contribution in [3.05, 3.63) is 0 Å². The highest BCUT2D eigenvalue weighted by atomic mass is 16.8. The summed E-state index contributed by atoms with van der Waals surface area (Å²) in [7, 11) is 0. The lowest BCUT2D eigenvalue weighted by Gasteiger charge is -2.74. The average molecular weight is 917 g/mol. The van der Waals surface area contributed by atoms with E-state index in [9.17, 15) is 56.2 Å². The Bertz CT molecular complexity index is 1670. The summed E-state index contributed by atoms with van der Waals surface area (Å²) in [5, 5.41) is 120. The second-order valence-electron chi connectivity index (χ2n) is 23.7. The van der Waals surface area contributed by atoms with Crippen LogP contribution in [0.3, 0.4) is 0 Å². The Kier molecular flexibility index (Phi) is 13.2. The minimum atomic E-state index is -1.65. The first kappa shape index (κ1) is 49.7. The largest absolute Gasteiger partial charge is 0.394 e. The quantitative estimate of drug-likeness (QED) is 0.146. The maximum absolute atomic E-state index is 12.7. The molecule has 370 valence electrons. The number of aliphatic hydroxyl groups is 11. The molecule has 5 saturated carbocycles. The summed E-state index contributed by atoms with van der Waals surface area (Å²) in [6.45, 7) is 18.1. The van der Waals surface area contributed by atoms with Crippen LogP contribution >= 0.6 is 0 Å². The van der Waals surface area contributed by atoms with Crippen LogP contribution in [0.4, 0.5) is 0 Å². The molecule has 5 aliphatic carbocycles. The van der Waals surface area contributed by atoms with E-state index in [-0.39, 0.29) is 57.9 Å². The highest BCUT2D eigenvalue weighted by Gasteiger charge is 2.74. The molecule has 0 amide bonds. The molecule has 3 aliphatic heterocycles. The van der Waals surface area contributed by atoms with Gasteiger partial charge in [0.2, 0.25) is 0 Å². The monoisotopic (exact) mass is 917 g/mol. The summed E-state index contributed by atoms with van der Waals surface area (Å²) in [4.78, 5) is 0. The minimum Gasteiger partial charge on any atom is -0.394 e. The van der Waals surface area contributed by atoms with E-state index < -0.39 is 122 Å². The first-order valence-electron chi connectivity index (χ1n) is 24.0. The number of fused-ring (bicyclic) bond motifs is 7. The van der Waals surface area contributed by atoms with Gasteiger partial charge in [0.05, 0.1) is 43.2 Å². The van der Waals surface area contributed by atoms with E-state index in [1.54, 1.807) is 0 Å². The fourth-order valence-electron chi connectivity index (χ4n) is 16.5. The van der Waals surface area contributed by atoms with E-state index >= 15 is 0 Å². The van der Waals surface area contributed by atoms with Crippen molar-refractivity contribution in [2.24, 2.45) is 56.7 Å². The number of rotatable bonds is 8. The Morgan fingerprint density at radius 1 is 0.594 bits per heavy atom. The molecule has 17 nitrogen and oxygen atoms in total. The molecule has 0 radical (unpaired) electrons. The normalized spacial score (nSPS) is 57.6. The maximum atomic E-state index is 12.7. The van der Waals surface area contributed by atoms with E-state index in [1.165, 1.54) is 6.92 Å². The zero-order valence-corrected chi connectivity index (χ0v) is 39.1. The molecule has 0 unspecified atom stereocenters. The van der Waals surface area contributed by atoms with Crippen molar-refractivity contribution in [2.75, 3.05) is 13.2 Å². The maximum Gasteiger partial charge on any atom is 0.187 e. The molecule has 3 saturated heterocycles. The van der Waals surface area contributed by atoms with Crippen LogP contribution in [0.5, 0.6) is 0 Å². The standard InChI is InChI=1S/C47H80O17/c1-20-30(52)33(55)35(57)39(60-20)63-37-31(53)24(51)19-59-41(37)62-28-13-15-45(7)27-11-10-26-44(6)14-12-21(43(4,5)64-40-36(58)34(56)32(54)25(18-48)61-40)29(44)22(49)16-46(26,8)47(27,9)17-23(50)38(45)42(28,2)3/h20-41,48-58H,10-19H2,1-9H3/t20-,21-,22+,23+,24-,25-,26-,27-,28+,29-,30-,31+,32-,33+,34+,35-,36-,37-,38+,39+,40+,41+,44-,45-,46-,47-/m1/s1. The fraction of sp³-hybridized carbons (Fsp3) is 1.00. The Morgan fingerprint density at radius 3 is 1.81 bits per heavy atom. The van der Waals surface area contributed by atoms with Gasteiger partial charge >= 0.3 is 0 Å². The molecule has 8 rings (SSSR count). The van der Waals surface area contributed by atoms with Gasteiger partial charge in [-0.15, -0.1) is 0 Å². The molecular weight excluding hydrogens is 836 g/mol. The van der Waals surface area contributed by atoms with Crippen molar-refractivity contribution in [2.45, 2.75) is 224 Å². The van der Waals surface area contributed by atoms with Gasteiger partial charge < -0.3 is 84.6 Å². The Hall–Kier alpha value is -0.680. The van der Waals surface area contributed by atoms with Crippen LogP contribution in [0.2, 0.25) is 0 Å². The third kappa shape index (κ3) is 7.43. The summed E-state index contributed by atoms with van der Waals surface area (Å²) in [6.07, 6.45) is -15.2. The summed E-state index contributed by atoms with van der Waals surface area (Å²) >= 11 is 0. The lowest BCUT2D eigenvalue weighted by Crippen LogP contribution is -2.71. The van der Waals surface area contributed by atoms with E-state index in [0.29, 0.717) is 19.3 Å². The van der Waals surface area contributed by atoms with Crippen molar-refractivity contribution < 1.29 is 84.6 Å². The summed E-state index contributed by atoms with van der Waals surface area (Å²) in [5.41, 5.74) is -2.82. The number of hydrogen-bond acceptors (Lipinski definition) is 17. The van der Waals surface area contributed by atoms with Gasteiger partial charge in [-0.05, 0) is 129 Å². The number of ether oxygens (including phenoxy) is 6. The molecule has 0 bridgehead atoms. The third-order valence-electron chi connectivity index (χ3n) is 19.7. The molecule has 0 aromatic rings. The lowest BCUT2D eigenvalue weighted by molar-refractivity contribution is -0.367. The van der Waals surface area contributed by atoms with Crippen molar-refractivity contribution in [3.63, 3.8) is 0 Å². The first-order chi connectivity index (χ1) is 29.7. The smallest absolute Gasteiger partial charge is 0.187 e. The Balaban J connectivity index is 1.01. The van der Waals surface area contributed by atoms with Crippen LogP contribution in [0.1, 0.15) is 114 Å². The van der Waals surface area contributed by atoms with Crippen molar-refractivity contribution >= 4 is 0 Å². The highest BCUT2D eigenvalue weighted by Crippen LogP contribution is 2.78. The fourth-order valence-corrected chi connectivity index (χ4v) is 16.5. The first-order valence-corrected chi connectivity index (χ1v) is 24.0. The molecule has 17 heteroatoms. The lowest BCUT2D eigenvalue weighted by atomic mass is 9.31. The molecule has 8 fully saturated rings. The molecular formula is C47H80O17. The van der Waals surface area contributed by atoms with Crippen molar-refractivity contribution in [1.29, 1.82) is 0 Å². The molecule has 8 aliphatic rings. The van der Waals surface area contributed by atoms with Gasteiger partial charge in [0.1, 0.15) is 61.0 Å². The predicted octanol–water partition coefficient (Wildman–Crippen LogP) is 0.301. The molecule has 64 heavy (non-hydrogen) atoms. The van der Waals surface area contributed by atoms with Crippen LogP contribution in [-0.4, -0.2) is 179 Å². The van der Waals surface area contributed by atoms with Gasteiger partial charge in [0.15, 0.2) is 18.9 Å². The highest BCUT2D eigenvalue weighted by molar-refractivity contribution is 5.23. The Morgan fingerprint density at radius 2 is 1.17 bits per heavy atom. The summed E-state index contributed by atoms with van der Waals surface area (Å²) in [5.74, 6) is -0.0429. The SMILES string of the molecule is C[C@H]1O[C@@H](O[C@H]2[C@H](O[C@H]3CC[C@]4(C)[C@H]5CC[C@@H]6[C@@]7(C)CC[C@@H](C(C)(C)O[C@@H]8O[C@H](CO)[C@@H](O)[C@H](O)[C@H]8O)[C@@H]7[C@@H](O)C[C@@]6(C)[C@]5(C)C[C@H](O)[C@H]4C3(C)C)OC[C@@H](O)[C@@H]2O)[C@H](O)[C@@H](O)[C@@H]1O. The van der Waals surface area contributed by atoms with Gasteiger partial charge in [0.25, 0.3) is 0 Å². The van der Waals surface area contributed by atoms with E-state index in [4.69, 9.17) is 28.4 Å². The van der Waals surface area contributed by atoms with Crippen LogP contribution < -0.4 is 0 Å². The predicted molar refractivity (Wildman–Crippen MR) is 225 cm³/mol. The van der Waals surface area contributed by atoms with Gasteiger partial charge in [0, 0.05) is 0 Å². The molecule has 0 aromatic heterocycles. The molecule has 0 aromatic carbocycles. The second-order valence-corrected chi connectivity index (χ2v) is 23.7. The van der Waals surface area contributed by atoms with Gasteiger partial charge in [-0.1, -0.05) is 41.5 Å². The van der Waals surface area contributed by atoms with Crippen molar-refractivity contribution in [1.82, 2.24) is 0 Å². The molecule has 3 heterocycles. The Labute approximate surface area is 377 Å². The topological polar surface area (TPSA) is 278 Å². The van der Waals surface area contributed by atoms with Crippen LogP contribution in [0, 0.1) is 56.7 Å². The zero-order chi connectivity index (χ0) is 47.0. The molecule has 11 N–H and O–H groups in total. The average Bonchev–Trinajstić information content (AvgIpc) is 3.59. The second kappa shape index (κ2) is 17.0. The minimum absolute atomic E-state index is 0.129. The van der Waals surface area contributed by atoms with Crippen LogP contribution in [-0.2, 0) is 28.4 Å². The summed E-state index contributed by atoms with van der Waals surface area (Å²) < 4.78 is 36.7. The van der Waals surface area contributed by atoms with Crippen LogP contribution in [0.25, 0.3) is 0 Å². The van der Waals surface area contributed by atoms with E-state index in [0.717, 1.165) is 32.1 Å². The summed E-state index contributed by atoms with van der Waals surface area (Å²) in [6, 6.07) is 0.